The van der Waals surface area contributed by atoms with Crippen molar-refractivity contribution in [2.75, 3.05) is 44.2 Å². The Bertz CT molecular complexity index is 476. The zero-order chi connectivity index (χ0) is 14.0. The van der Waals surface area contributed by atoms with E-state index >= 15 is 0 Å². The van der Waals surface area contributed by atoms with Crippen molar-refractivity contribution in [1.29, 1.82) is 0 Å². The number of piperazine rings is 2. The fourth-order valence-corrected chi connectivity index (χ4v) is 3.16. The first kappa shape index (κ1) is 14.3. The van der Waals surface area contributed by atoms with Gasteiger partial charge in [0.1, 0.15) is 0 Å². The van der Waals surface area contributed by atoms with E-state index in [1.54, 1.807) is 11.8 Å². The third kappa shape index (κ3) is 3.06. The Balaban J connectivity index is 2.02. The van der Waals surface area contributed by atoms with Gasteiger partial charge in [0.05, 0.1) is 11.8 Å². The number of sulfone groups is 1. The lowest BCUT2D eigenvalue weighted by atomic mass is 10.1. The first-order valence-electron chi connectivity index (χ1n) is 6.45. The van der Waals surface area contributed by atoms with Crippen molar-refractivity contribution in [3.63, 3.8) is 0 Å². The van der Waals surface area contributed by atoms with Crippen molar-refractivity contribution >= 4 is 21.7 Å². The zero-order valence-electron chi connectivity index (χ0n) is 11.0. The third-order valence-electron chi connectivity index (χ3n) is 3.62. The number of nitrogens with zero attached hydrogens (tertiary/aromatic N) is 2. The molecule has 2 amide bonds. The van der Waals surface area contributed by atoms with Gasteiger partial charge >= 0.3 is 11.8 Å². The number of hydrogen-bond donors (Lipinski definition) is 1. The minimum Gasteiger partial charge on any atom is -0.331 e. The molecule has 2 aliphatic rings. The van der Waals surface area contributed by atoms with Crippen molar-refractivity contribution < 1.29 is 18.0 Å². The van der Waals surface area contributed by atoms with E-state index in [0.717, 1.165) is 0 Å². The molecule has 2 aliphatic heterocycles. The fourth-order valence-electron chi connectivity index (χ4n) is 2.37. The summed E-state index contributed by atoms with van der Waals surface area (Å²) in [5.74, 6) is -1.11. The predicted octanol–water partition coefficient (Wildman–Crippen LogP) is -1.94. The molecule has 19 heavy (non-hydrogen) atoms. The van der Waals surface area contributed by atoms with E-state index in [0.29, 0.717) is 26.2 Å². The largest absolute Gasteiger partial charge is 0.331 e. The van der Waals surface area contributed by atoms with E-state index in [2.05, 4.69) is 5.32 Å². The molecule has 1 unspecified atom stereocenters. The molecular formula is C11H19N3O4S. The molecular weight excluding hydrogens is 270 g/mol. The Labute approximate surface area is 112 Å². The van der Waals surface area contributed by atoms with Crippen molar-refractivity contribution in [1.82, 2.24) is 15.1 Å². The normalized spacial score (nSPS) is 24.6. The van der Waals surface area contributed by atoms with E-state index in [9.17, 15) is 18.0 Å². The second-order valence-corrected chi connectivity index (χ2v) is 7.32. The van der Waals surface area contributed by atoms with Gasteiger partial charge in [-0.25, -0.2) is 8.42 Å². The molecule has 8 heteroatoms. The molecule has 0 spiro atoms. The molecule has 108 valence electrons. The number of nitrogens with one attached hydrogen (secondary N) is 1. The Hall–Kier alpha value is -1.15. The van der Waals surface area contributed by atoms with Gasteiger partial charge in [0.2, 0.25) is 0 Å². The molecule has 0 aliphatic carbocycles. The minimum absolute atomic E-state index is 0.0386. The van der Waals surface area contributed by atoms with Crippen molar-refractivity contribution in [2.24, 2.45) is 0 Å². The van der Waals surface area contributed by atoms with Gasteiger partial charge in [0.25, 0.3) is 0 Å². The average molecular weight is 289 g/mol. The molecule has 0 bridgehead atoms. The summed E-state index contributed by atoms with van der Waals surface area (Å²) in [5.41, 5.74) is 0. The SMILES string of the molecule is CCS(=O)(=O)CCN1CC2CNCCN2C(=O)C1=O. The summed E-state index contributed by atoms with van der Waals surface area (Å²) in [6.07, 6.45) is 0. The molecule has 7 nitrogen and oxygen atoms in total. The summed E-state index contributed by atoms with van der Waals surface area (Å²) in [4.78, 5) is 26.8. The lowest BCUT2D eigenvalue weighted by molar-refractivity contribution is -0.159. The molecule has 1 atom stereocenters. The first-order chi connectivity index (χ1) is 8.94. The van der Waals surface area contributed by atoms with Crippen LogP contribution in [0.25, 0.3) is 0 Å². The number of amides is 2. The molecule has 1 N–H and O–H groups in total. The van der Waals surface area contributed by atoms with Gasteiger partial charge in [-0.1, -0.05) is 6.92 Å². The summed E-state index contributed by atoms with van der Waals surface area (Å²) in [6, 6.07) is -0.0386. The summed E-state index contributed by atoms with van der Waals surface area (Å²) < 4.78 is 22.9. The van der Waals surface area contributed by atoms with E-state index < -0.39 is 21.7 Å². The Morgan fingerprint density at radius 1 is 1.32 bits per heavy atom. The standard InChI is InChI=1S/C11H19N3O4S/c1-2-19(17,18)6-5-13-8-9-7-12-3-4-14(9)11(16)10(13)15/h9,12H,2-8H2,1H3. The Morgan fingerprint density at radius 3 is 2.74 bits per heavy atom. The fraction of sp³-hybridized carbons (Fsp3) is 0.818. The van der Waals surface area contributed by atoms with Crippen molar-refractivity contribution in [2.45, 2.75) is 13.0 Å². The molecule has 0 radical (unpaired) electrons. The number of fused-ring (bicyclic) bond motifs is 1. The number of carbonyl (C=O) groups excluding carboxylic acids is 2. The maximum atomic E-state index is 11.9. The topological polar surface area (TPSA) is 86.8 Å². The molecule has 2 heterocycles. The highest BCUT2D eigenvalue weighted by Gasteiger charge is 2.39. The number of carbonyl (C=O) groups is 2. The monoisotopic (exact) mass is 289 g/mol. The Kier molecular flexibility index (Phi) is 4.10. The second kappa shape index (κ2) is 5.46. The van der Waals surface area contributed by atoms with Gasteiger partial charge in [0, 0.05) is 38.5 Å². The van der Waals surface area contributed by atoms with Crippen molar-refractivity contribution in [3.8, 4) is 0 Å². The van der Waals surface area contributed by atoms with E-state index in [1.165, 1.54) is 4.90 Å². The van der Waals surface area contributed by atoms with Gasteiger partial charge in [-0.3, -0.25) is 9.59 Å². The van der Waals surface area contributed by atoms with E-state index in [1.807, 2.05) is 0 Å². The predicted molar refractivity (Wildman–Crippen MR) is 69.3 cm³/mol. The first-order valence-corrected chi connectivity index (χ1v) is 8.28. The lowest BCUT2D eigenvalue weighted by Crippen LogP contribution is -2.66. The molecule has 2 fully saturated rings. The molecule has 0 aromatic rings. The van der Waals surface area contributed by atoms with E-state index in [4.69, 9.17) is 0 Å². The quantitative estimate of drug-likeness (QED) is 0.609. The number of rotatable bonds is 4. The van der Waals surface area contributed by atoms with Crippen LogP contribution in [0.2, 0.25) is 0 Å². The molecule has 2 rings (SSSR count). The summed E-state index contributed by atoms with van der Waals surface area (Å²) in [5, 5.41) is 3.17. The highest BCUT2D eigenvalue weighted by atomic mass is 32.2. The van der Waals surface area contributed by atoms with Gasteiger partial charge < -0.3 is 15.1 Å². The van der Waals surface area contributed by atoms with Gasteiger partial charge in [-0.15, -0.1) is 0 Å². The van der Waals surface area contributed by atoms with Crippen LogP contribution >= 0.6 is 0 Å². The minimum atomic E-state index is -3.12. The third-order valence-corrected chi connectivity index (χ3v) is 5.31. The highest BCUT2D eigenvalue weighted by molar-refractivity contribution is 7.91. The molecule has 0 aromatic carbocycles. The lowest BCUT2D eigenvalue weighted by Gasteiger charge is -2.43. The zero-order valence-corrected chi connectivity index (χ0v) is 11.8. The van der Waals surface area contributed by atoms with Gasteiger partial charge in [0.15, 0.2) is 9.84 Å². The Morgan fingerprint density at radius 2 is 2.05 bits per heavy atom. The van der Waals surface area contributed by atoms with Crippen LogP contribution in [0, 0.1) is 0 Å². The van der Waals surface area contributed by atoms with Crippen LogP contribution in [0.15, 0.2) is 0 Å². The molecule has 0 saturated carbocycles. The van der Waals surface area contributed by atoms with Crippen LogP contribution in [0.1, 0.15) is 6.92 Å². The van der Waals surface area contributed by atoms with Crippen LogP contribution in [0.3, 0.4) is 0 Å². The van der Waals surface area contributed by atoms with Crippen LogP contribution < -0.4 is 5.32 Å². The maximum absolute atomic E-state index is 11.9. The van der Waals surface area contributed by atoms with Crippen LogP contribution in [0.5, 0.6) is 0 Å². The van der Waals surface area contributed by atoms with Crippen molar-refractivity contribution in [3.05, 3.63) is 0 Å². The second-order valence-electron chi connectivity index (χ2n) is 4.84. The summed E-state index contributed by atoms with van der Waals surface area (Å²) in [7, 11) is -3.12. The number of hydrogen-bond acceptors (Lipinski definition) is 5. The van der Waals surface area contributed by atoms with Gasteiger partial charge in [-0.2, -0.15) is 0 Å². The smallest absolute Gasteiger partial charge is 0.312 e. The maximum Gasteiger partial charge on any atom is 0.312 e. The summed E-state index contributed by atoms with van der Waals surface area (Å²) >= 11 is 0. The molecule has 0 aromatic heterocycles. The van der Waals surface area contributed by atoms with Gasteiger partial charge in [-0.05, 0) is 0 Å². The highest BCUT2D eigenvalue weighted by Crippen LogP contribution is 2.14. The molecule has 2 saturated heterocycles. The summed E-state index contributed by atoms with van der Waals surface area (Å²) in [6.45, 7) is 3.97. The van der Waals surface area contributed by atoms with Crippen LogP contribution in [-0.4, -0.2) is 80.3 Å². The van der Waals surface area contributed by atoms with E-state index in [-0.39, 0.29) is 24.1 Å². The van der Waals surface area contributed by atoms with Crippen LogP contribution in [-0.2, 0) is 19.4 Å². The van der Waals surface area contributed by atoms with Crippen LogP contribution in [0.4, 0.5) is 0 Å². The average Bonchev–Trinajstić information content (AvgIpc) is 2.41.